The number of hydrogen-bond acceptors (Lipinski definition) is 7. The summed E-state index contributed by atoms with van der Waals surface area (Å²) in [6.45, 7) is 4.92. The molecule has 4 rings (SSSR count). The number of rotatable bonds is 7. The molecule has 2 heterocycles. The summed E-state index contributed by atoms with van der Waals surface area (Å²) in [4.78, 5) is 28.9. The molecule has 2 amide bonds. The molecule has 2 aromatic rings. The standard InChI is InChI=1S/C23H33N7O2S/c1-17-7-9-19(10-8-17)25-20(31)15-28-11-13-29(14-12-28)21(32)16-33-23-27-26-22(30(23)24)18-5-3-2-4-6-18/h7-10,18H,2-6,11-16,24H2,1H3,(H,25,31). The molecular formula is C23H33N7O2S. The number of amides is 2. The van der Waals surface area contributed by atoms with Crippen LogP contribution in [0.3, 0.4) is 0 Å². The second-order valence-electron chi connectivity index (χ2n) is 8.91. The first kappa shape index (κ1) is 23.6. The third-order valence-electron chi connectivity index (χ3n) is 6.41. The third-order valence-corrected chi connectivity index (χ3v) is 7.34. The minimum Gasteiger partial charge on any atom is -0.339 e. The summed E-state index contributed by atoms with van der Waals surface area (Å²) < 4.78 is 1.57. The molecule has 1 aliphatic heterocycles. The minimum absolute atomic E-state index is 0.0368. The van der Waals surface area contributed by atoms with Gasteiger partial charge in [0.15, 0.2) is 5.82 Å². The van der Waals surface area contributed by atoms with Crippen LogP contribution in [0.1, 0.15) is 49.4 Å². The number of nitrogens with zero attached hydrogens (tertiary/aromatic N) is 5. The topological polar surface area (TPSA) is 109 Å². The Kier molecular flexibility index (Phi) is 7.87. The molecule has 0 bridgehead atoms. The molecule has 0 spiro atoms. The predicted molar refractivity (Wildman–Crippen MR) is 130 cm³/mol. The van der Waals surface area contributed by atoms with Crippen LogP contribution in [0.25, 0.3) is 0 Å². The van der Waals surface area contributed by atoms with Crippen molar-refractivity contribution in [2.24, 2.45) is 0 Å². The van der Waals surface area contributed by atoms with Gasteiger partial charge in [0.05, 0.1) is 12.3 Å². The Hall–Kier alpha value is -2.59. The lowest BCUT2D eigenvalue weighted by Gasteiger charge is -2.34. The number of aryl methyl sites for hydroxylation is 1. The van der Waals surface area contributed by atoms with Crippen LogP contribution in [0.2, 0.25) is 0 Å². The summed E-state index contributed by atoms with van der Waals surface area (Å²) in [5.74, 6) is 7.75. The average molecular weight is 472 g/mol. The van der Waals surface area contributed by atoms with Gasteiger partial charge in [-0.25, -0.2) is 4.68 Å². The molecule has 33 heavy (non-hydrogen) atoms. The molecule has 2 aliphatic rings. The molecule has 1 saturated heterocycles. The number of piperazine rings is 1. The van der Waals surface area contributed by atoms with Crippen molar-refractivity contribution in [2.75, 3.05) is 49.6 Å². The zero-order valence-corrected chi connectivity index (χ0v) is 20.0. The van der Waals surface area contributed by atoms with Gasteiger partial charge in [0.25, 0.3) is 0 Å². The van der Waals surface area contributed by atoms with E-state index in [1.807, 2.05) is 36.1 Å². The fourth-order valence-corrected chi connectivity index (χ4v) is 5.21. The van der Waals surface area contributed by atoms with Gasteiger partial charge < -0.3 is 16.1 Å². The van der Waals surface area contributed by atoms with Gasteiger partial charge in [0, 0.05) is 37.8 Å². The summed E-state index contributed by atoms with van der Waals surface area (Å²) >= 11 is 1.34. The van der Waals surface area contributed by atoms with E-state index in [1.54, 1.807) is 4.68 Å². The second-order valence-corrected chi connectivity index (χ2v) is 9.85. The Morgan fingerprint density at radius 2 is 1.76 bits per heavy atom. The van der Waals surface area contributed by atoms with E-state index < -0.39 is 0 Å². The highest BCUT2D eigenvalue weighted by atomic mass is 32.2. The Bertz CT molecular complexity index is 948. The van der Waals surface area contributed by atoms with Gasteiger partial charge in [-0.2, -0.15) is 0 Å². The van der Waals surface area contributed by atoms with E-state index in [1.165, 1.54) is 31.0 Å². The predicted octanol–water partition coefficient (Wildman–Crippen LogP) is 2.22. The van der Waals surface area contributed by atoms with E-state index in [2.05, 4.69) is 20.4 Å². The molecule has 0 atom stereocenters. The van der Waals surface area contributed by atoms with Crippen molar-refractivity contribution in [1.29, 1.82) is 0 Å². The monoisotopic (exact) mass is 471 g/mol. The van der Waals surface area contributed by atoms with Crippen LogP contribution in [-0.4, -0.2) is 75.0 Å². The summed E-state index contributed by atoms with van der Waals surface area (Å²) in [6, 6.07) is 7.76. The molecule has 1 aromatic heterocycles. The maximum atomic E-state index is 12.7. The smallest absolute Gasteiger partial charge is 0.238 e. The van der Waals surface area contributed by atoms with Gasteiger partial charge in [-0.15, -0.1) is 10.2 Å². The number of nitrogens with two attached hydrogens (primary N) is 1. The fourth-order valence-electron chi connectivity index (χ4n) is 4.44. The maximum Gasteiger partial charge on any atom is 0.238 e. The molecule has 1 aromatic carbocycles. The van der Waals surface area contributed by atoms with Crippen LogP contribution in [-0.2, 0) is 9.59 Å². The van der Waals surface area contributed by atoms with Gasteiger partial charge in [0.2, 0.25) is 17.0 Å². The van der Waals surface area contributed by atoms with Crippen LogP contribution in [0.15, 0.2) is 29.4 Å². The summed E-state index contributed by atoms with van der Waals surface area (Å²) in [5, 5.41) is 12.0. The molecule has 2 fully saturated rings. The zero-order chi connectivity index (χ0) is 23.2. The van der Waals surface area contributed by atoms with Gasteiger partial charge in [0.1, 0.15) is 0 Å². The first-order valence-corrected chi connectivity index (χ1v) is 12.7. The molecular weight excluding hydrogens is 438 g/mol. The van der Waals surface area contributed by atoms with Gasteiger partial charge >= 0.3 is 0 Å². The van der Waals surface area contributed by atoms with E-state index in [0.29, 0.717) is 43.8 Å². The Morgan fingerprint density at radius 1 is 1.06 bits per heavy atom. The quantitative estimate of drug-likeness (QED) is 0.471. The van der Waals surface area contributed by atoms with Crippen molar-refractivity contribution in [3.8, 4) is 0 Å². The number of hydrogen-bond donors (Lipinski definition) is 2. The van der Waals surface area contributed by atoms with Crippen molar-refractivity contribution in [2.45, 2.75) is 50.1 Å². The highest BCUT2D eigenvalue weighted by Crippen LogP contribution is 2.32. The van der Waals surface area contributed by atoms with Gasteiger partial charge in [-0.05, 0) is 31.9 Å². The SMILES string of the molecule is Cc1ccc(NC(=O)CN2CCN(C(=O)CSc3nnc(C4CCCCC4)n3N)CC2)cc1. The molecule has 1 saturated carbocycles. The number of anilines is 1. The van der Waals surface area contributed by atoms with E-state index in [0.717, 1.165) is 29.9 Å². The Labute approximate surface area is 199 Å². The molecule has 0 unspecified atom stereocenters. The van der Waals surface area contributed by atoms with Crippen LogP contribution in [0, 0.1) is 6.92 Å². The number of aromatic nitrogens is 3. The average Bonchev–Trinajstić information content (AvgIpc) is 3.20. The van der Waals surface area contributed by atoms with Crippen molar-refractivity contribution < 1.29 is 9.59 Å². The Morgan fingerprint density at radius 3 is 2.45 bits per heavy atom. The number of nitrogens with one attached hydrogen (secondary N) is 1. The normalized spacial score (nSPS) is 17.8. The molecule has 0 radical (unpaired) electrons. The largest absolute Gasteiger partial charge is 0.339 e. The maximum absolute atomic E-state index is 12.7. The summed E-state index contributed by atoms with van der Waals surface area (Å²) in [6.07, 6.45) is 5.89. The summed E-state index contributed by atoms with van der Waals surface area (Å²) in [5.41, 5.74) is 1.96. The first-order chi connectivity index (χ1) is 16.0. The number of thioether (sulfide) groups is 1. The number of carbonyl (C=O) groups excluding carboxylic acids is 2. The third kappa shape index (κ3) is 6.26. The lowest BCUT2D eigenvalue weighted by molar-refractivity contribution is -0.130. The highest BCUT2D eigenvalue weighted by molar-refractivity contribution is 7.99. The van der Waals surface area contributed by atoms with Crippen LogP contribution >= 0.6 is 11.8 Å². The first-order valence-electron chi connectivity index (χ1n) is 11.7. The molecule has 10 heteroatoms. The van der Waals surface area contributed by atoms with Crippen molar-refractivity contribution in [3.63, 3.8) is 0 Å². The molecule has 3 N–H and O–H groups in total. The number of nitrogen functional groups attached to an aromatic ring is 1. The second kappa shape index (κ2) is 11.0. The summed E-state index contributed by atoms with van der Waals surface area (Å²) in [7, 11) is 0. The van der Waals surface area contributed by atoms with E-state index in [-0.39, 0.29) is 17.6 Å². The molecule has 1 aliphatic carbocycles. The van der Waals surface area contributed by atoms with Crippen molar-refractivity contribution >= 4 is 29.3 Å². The van der Waals surface area contributed by atoms with E-state index in [9.17, 15) is 9.59 Å². The van der Waals surface area contributed by atoms with E-state index >= 15 is 0 Å². The lowest BCUT2D eigenvalue weighted by Crippen LogP contribution is -2.50. The zero-order valence-electron chi connectivity index (χ0n) is 19.2. The number of benzene rings is 1. The van der Waals surface area contributed by atoms with Gasteiger partial charge in [-0.1, -0.05) is 48.7 Å². The molecule has 9 nitrogen and oxygen atoms in total. The molecule has 178 valence electrons. The Balaban J connectivity index is 1.19. The highest BCUT2D eigenvalue weighted by Gasteiger charge is 2.25. The van der Waals surface area contributed by atoms with Crippen LogP contribution < -0.4 is 11.2 Å². The van der Waals surface area contributed by atoms with Crippen molar-refractivity contribution in [3.05, 3.63) is 35.7 Å². The van der Waals surface area contributed by atoms with Crippen LogP contribution in [0.5, 0.6) is 0 Å². The lowest BCUT2D eigenvalue weighted by atomic mass is 9.89. The fraction of sp³-hybridized carbons (Fsp3) is 0.565. The minimum atomic E-state index is -0.0368. The van der Waals surface area contributed by atoms with Crippen LogP contribution in [0.4, 0.5) is 5.69 Å². The van der Waals surface area contributed by atoms with Crippen molar-refractivity contribution in [1.82, 2.24) is 24.7 Å². The van der Waals surface area contributed by atoms with E-state index in [4.69, 9.17) is 5.84 Å². The van der Waals surface area contributed by atoms with Gasteiger partial charge in [-0.3, -0.25) is 14.5 Å². The number of carbonyl (C=O) groups is 2.